The third-order valence-corrected chi connectivity index (χ3v) is 10.8. The second-order valence-electron chi connectivity index (χ2n) is 16.7. The first-order chi connectivity index (χ1) is 27.6. The van der Waals surface area contributed by atoms with E-state index in [2.05, 4.69) is 62.5 Å². The molecule has 0 spiro atoms. The van der Waals surface area contributed by atoms with Crippen LogP contribution >= 0.6 is 7.82 Å². The zero-order valence-corrected chi connectivity index (χ0v) is 38.7. The number of carbonyl (C=O) groups is 1. The van der Waals surface area contributed by atoms with Crippen LogP contribution in [0.2, 0.25) is 0 Å². The van der Waals surface area contributed by atoms with Gasteiger partial charge < -0.3 is 27.9 Å². The van der Waals surface area contributed by atoms with Gasteiger partial charge in [0.15, 0.2) is 0 Å². The lowest BCUT2D eigenvalue weighted by Gasteiger charge is -2.28. The Labute approximate surface area is 352 Å². The fourth-order valence-electron chi connectivity index (χ4n) is 6.26. The Morgan fingerprint density at radius 1 is 0.561 bits per heavy atom. The van der Waals surface area contributed by atoms with Crippen LogP contribution in [0.4, 0.5) is 0 Å². The first-order valence-electron chi connectivity index (χ1n) is 23.4. The highest BCUT2D eigenvalue weighted by atomic mass is 31.2. The summed E-state index contributed by atoms with van der Waals surface area (Å²) in [7, 11) is 1.35. The summed E-state index contributed by atoms with van der Waals surface area (Å²) < 4.78 is 34.6. The summed E-state index contributed by atoms with van der Waals surface area (Å²) in [4.78, 5) is 25.1. The van der Waals surface area contributed by atoms with Crippen LogP contribution in [-0.2, 0) is 27.9 Å². The summed E-state index contributed by atoms with van der Waals surface area (Å²) >= 11 is 0. The van der Waals surface area contributed by atoms with E-state index in [-0.39, 0.29) is 25.8 Å². The molecular formula is C48H90NO7P. The van der Waals surface area contributed by atoms with E-state index in [1.54, 1.807) is 0 Å². The summed E-state index contributed by atoms with van der Waals surface area (Å²) in [6.45, 7) is 5.28. The van der Waals surface area contributed by atoms with Crippen LogP contribution < -0.4 is 4.89 Å². The van der Waals surface area contributed by atoms with E-state index in [0.717, 1.165) is 57.8 Å². The smallest absolute Gasteiger partial charge is 0.306 e. The van der Waals surface area contributed by atoms with Gasteiger partial charge in [-0.3, -0.25) is 9.36 Å². The number of allylic oxidation sites excluding steroid dienone is 8. The van der Waals surface area contributed by atoms with Gasteiger partial charge in [-0.2, -0.15) is 0 Å². The minimum absolute atomic E-state index is 0.0226. The largest absolute Gasteiger partial charge is 0.756 e. The van der Waals surface area contributed by atoms with Crippen molar-refractivity contribution in [2.75, 3.05) is 54.1 Å². The minimum atomic E-state index is -4.53. The molecule has 0 aliphatic rings. The molecule has 0 amide bonds. The molecule has 0 saturated heterocycles. The summed E-state index contributed by atoms with van der Waals surface area (Å²) in [5.74, 6) is -0.342. The maximum absolute atomic E-state index is 12.7. The number of hydrogen-bond acceptors (Lipinski definition) is 7. The molecule has 2 atom stereocenters. The molecule has 9 heteroatoms. The highest BCUT2D eigenvalue weighted by Gasteiger charge is 2.20. The first-order valence-corrected chi connectivity index (χ1v) is 24.8. The number of likely N-dealkylation sites (N-methyl/N-ethyl adjacent to an activating group) is 1. The number of nitrogens with zero attached hydrogens (tertiary/aromatic N) is 1. The highest BCUT2D eigenvalue weighted by Crippen LogP contribution is 2.38. The molecule has 0 saturated carbocycles. The predicted octanol–water partition coefficient (Wildman–Crippen LogP) is 13.3. The zero-order valence-electron chi connectivity index (χ0n) is 37.8. The minimum Gasteiger partial charge on any atom is -0.756 e. The molecule has 0 aliphatic heterocycles. The van der Waals surface area contributed by atoms with Gasteiger partial charge in [-0.05, 0) is 70.6 Å². The Kier molecular flexibility index (Phi) is 40.1. The number of phosphoric acid groups is 1. The fourth-order valence-corrected chi connectivity index (χ4v) is 6.99. The van der Waals surface area contributed by atoms with E-state index < -0.39 is 13.9 Å². The van der Waals surface area contributed by atoms with Crippen molar-refractivity contribution in [2.24, 2.45) is 0 Å². The molecule has 8 nitrogen and oxygen atoms in total. The van der Waals surface area contributed by atoms with Crippen molar-refractivity contribution in [2.45, 2.75) is 200 Å². The van der Waals surface area contributed by atoms with E-state index in [9.17, 15) is 14.3 Å². The topological polar surface area (TPSA) is 94.1 Å². The number of hydrogen-bond donors (Lipinski definition) is 0. The Hall–Kier alpha value is -1.54. The Bertz CT molecular complexity index is 1050. The molecule has 2 unspecified atom stereocenters. The van der Waals surface area contributed by atoms with E-state index in [4.69, 9.17) is 18.5 Å². The van der Waals surface area contributed by atoms with Crippen molar-refractivity contribution >= 4 is 13.8 Å². The van der Waals surface area contributed by atoms with Crippen LogP contribution in [-0.4, -0.2) is 70.7 Å². The maximum atomic E-state index is 12.7. The molecule has 0 aromatic heterocycles. The number of carbonyl (C=O) groups excluding carboxylic acids is 1. The lowest BCUT2D eigenvalue weighted by atomic mass is 10.1. The van der Waals surface area contributed by atoms with Gasteiger partial charge in [0, 0.05) is 13.0 Å². The van der Waals surface area contributed by atoms with Crippen molar-refractivity contribution < 1.29 is 37.3 Å². The SMILES string of the molecule is CC/C=C\C/C=C\C/C=C\CCCCCCCCCCOCC(COP(=O)([O-])OCC[N+](C)(C)C)OC(=O)CCCCCCCCC/C=C\CCCCCCCC. The van der Waals surface area contributed by atoms with Crippen molar-refractivity contribution in [3.8, 4) is 0 Å². The van der Waals surface area contributed by atoms with Gasteiger partial charge in [0.25, 0.3) is 7.82 Å². The molecule has 0 aliphatic carbocycles. The Morgan fingerprint density at radius 2 is 1.02 bits per heavy atom. The van der Waals surface area contributed by atoms with Crippen molar-refractivity contribution in [1.29, 1.82) is 0 Å². The number of rotatable bonds is 43. The van der Waals surface area contributed by atoms with Gasteiger partial charge in [-0.15, -0.1) is 0 Å². The molecule has 57 heavy (non-hydrogen) atoms. The number of phosphoric ester groups is 1. The van der Waals surface area contributed by atoms with Crippen LogP contribution in [0.15, 0.2) is 48.6 Å². The number of quaternary nitrogens is 1. The third-order valence-electron chi connectivity index (χ3n) is 9.86. The van der Waals surface area contributed by atoms with Crippen molar-refractivity contribution in [3.63, 3.8) is 0 Å². The molecule has 0 radical (unpaired) electrons. The normalized spacial score (nSPS) is 14.1. The van der Waals surface area contributed by atoms with Crippen LogP contribution in [0, 0.1) is 0 Å². The highest BCUT2D eigenvalue weighted by molar-refractivity contribution is 7.45. The van der Waals surface area contributed by atoms with Gasteiger partial charge in [0.05, 0.1) is 34.4 Å². The van der Waals surface area contributed by atoms with Gasteiger partial charge in [0.1, 0.15) is 19.3 Å². The number of unbranched alkanes of at least 4 members (excludes halogenated alkanes) is 21. The van der Waals surface area contributed by atoms with Crippen LogP contribution in [0.5, 0.6) is 0 Å². The van der Waals surface area contributed by atoms with Gasteiger partial charge in [0.2, 0.25) is 0 Å². The van der Waals surface area contributed by atoms with E-state index >= 15 is 0 Å². The fraction of sp³-hybridized carbons (Fsp3) is 0.812. The molecular weight excluding hydrogens is 734 g/mol. The molecule has 0 aromatic rings. The molecule has 0 heterocycles. The van der Waals surface area contributed by atoms with E-state index in [1.807, 2.05) is 21.1 Å². The quantitative estimate of drug-likeness (QED) is 0.0199. The van der Waals surface area contributed by atoms with Gasteiger partial charge >= 0.3 is 5.97 Å². The lowest BCUT2D eigenvalue weighted by Crippen LogP contribution is -2.37. The molecule has 0 rings (SSSR count). The first kappa shape index (κ1) is 55.5. The maximum Gasteiger partial charge on any atom is 0.306 e. The monoisotopic (exact) mass is 824 g/mol. The van der Waals surface area contributed by atoms with Crippen LogP contribution in [0.25, 0.3) is 0 Å². The van der Waals surface area contributed by atoms with E-state index in [1.165, 1.54) is 116 Å². The third kappa shape index (κ3) is 45.4. The average Bonchev–Trinajstić information content (AvgIpc) is 3.16. The lowest BCUT2D eigenvalue weighted by molar-refractivity contribution is -0.870. The zero-order chi connectivity index (χ0) is 42.0. The standard InChI is InChI=1S/C48H90NO7P/c1-6-8-10-12-14-16-18-20-22-24-26-28-30-32-34-36-38-40-43-53-45-47(46-55-57(51,52)54-44-42-49(3,4)5)56-48(50)41-39-37-35-33-31-29-27-25-23-21-19-17-15-13-11-9-7-2/h8,10,14,16,20-23,47H,6-7,9,11-13,15,17-19,24-46H2,1-5H3/b10-8-,16-14-,22-20-,23-21-. The summed E-state index contributed by atoms with van der Waals surface area (Å²) in [6, 6.07) is 0. The van der Waals surface area contributed by atoms with Crippen LogP contribution in [0.3, 0.4) is 0 Å². The Balaban J connectivity index is 4.21. The molecule has 0 N–H and O–H groups in total. The molecule has 0 aromatic carbocycles. The molecule has 334 valence electrons. The van der Waals surface area contributed by atoms with Crippen LogP contribution in [0.1, 0.15) is 194 Å². The van der Waals surface area contributed by atoms with Crippen molar-refractivity contribution in [1.82, 2.24) is 0 Å². The Morgan fingerprint density at radius 3 is 1.54 bits per heavy atom. The number of ether oxygens (including phenoxy) is 2. The average molecular weight is 824 g/mol. The summed E-state index contributed by atoms with van der Waals surface area (Å²) in [5, 5.41) is 0. The molecule has 0 fully saturated rings. The second kappa shape index (κ2) is 41.2. The predicted molar refractivity (Wildman–Crippen MR) is 240 cm³/mol. The summed E-state index contributed by atoms with van der Waals surface area (Å²) in [5.41, 5.74) is 0. The second-order valence-corrected chi connectivity index (χ2v) is 18.1. The van der Waals surface area contributed by atoms with Gasteiger partial charge in [-0.1, -0.05) is 165 Å². The van der Waals surface area contributed by atoms with Crippen molar-refractivity contribution in [3.05, 3.63) is 48.6 Å². The summed E-state index contributed by atoms with van der Waals surface area (Å²) in [6.07, 6.45) is 49.8. The van der Waals surface area contributed by atoms with Gasteiger partial charge in [-0.25, -0.2) is 0 Å². The number of esters is 1. The van der Waals surface area contributed by atoms with E-state index in [0.29, 0.717) is 24.1 Å². The molecule has 0 bridgehead atoms.